The van der Waals surface area contributed by atoms with Gasteiger partial charge in [-0.3, -0.25) is 9.59 Å². The Morgan fingerprint density at radius 3 is 3.00 bits per heavy atom. The van der Waals surface area contributed by atoms with Crippen molar-refractivity contribution in [2.75, 3.05) is 16.0 Å². The highest BCUT2D eigenvalue weighted by Crippen LogP contribution is 2.32. The minimum Gasteiger partial charge on any atom is -0.324 e. The number of nitrogens with zero attached hydrogens (tertiary/aromatic N) is 5. The lowest BCUT2D eigenvalue weighted by atomic mass is 10.2. The summed E-state index contributed by atoms with van der Waals surface area (Å²) in [6.45, 7) is 2.45. The third-order valence-electron chi connectivity index (χ3n) is 4.34. The molecule has 1 aliphatic rings. The van der Waals surface area contributed by atoms with Gasteiger partial charge in [0.1, 0.15) is 0 Å². The number of fused-ring (bicyclic) bond motifs is 1. The molecule has 10 heteroatoms. The van der Waals surface area contributed by atoms with Crippen molar-refractivity contribution in [3.63, 3.8) is 0 Å². The van der Waals surface area contributed by atoms with Crippen LogP contribution in [0, 0.1) is 0 Å². The van der Waals surface area contributed by atoms with Gasteiger partial charge in [0.25, 0.3) is 0 Å². The molecule has 0 aliphatic carbocycles. The number of para-hydroxylation sites is 2. The molecule has 28 heavy (non-hydrogen) atoms. The number of rotatable bonds is 5. The molecular formula is C18H18N6O2S2. The predicted molar refractivity (Wildman–Crippen MR) is 109 cm³/mol. The normalized spacial score (nSPS) is 16.4. The molecule has 1 atom stereocenters. The molecule has 3 heterocycles. The van der Waals surface area contributed by atoms with Crippen LogP contribution >= 0.6 is 23.1 Å². The van der Waals surface area contributed by atoms with E-state index in [4.69, 9.17) is 0 Å². The van der Waals surface area contributed by atoms with E-state index < -0.39 is 0 Å². The number of aromatic nitrogens is 4. The molecular weight excluding hydrogens is 396 g/mol. The van der Waals surface area contributed by atoms with Crippen LogP contribution in [0.15, 0.2) is 46.9 Å². The van der Waals surface area contributed by atoms with Crippen molar-refractivity contribution >= 4 is 46.3 Å². The van der Waals surface area contributed by atoms with Crippen LogP contribution in [0.1, 0.15) is 18.2 Å². The summed E-state index contributed by atoms with van der Waals surface area (Å²) in [5.41, 5.74) is 1.36. The lowest BCUT2D eigenvalue weighted by Gasteiger charge is -2.27. The Morgan fingerprint density at radius 2 is 2.18 bits per heavy atom. The van der Waals surface area contributed by atoms with Crippen LogP contribution in [0.2, 0.25) is 0 Å². The van der Waals surface area contributed by atoms with Gasteiger partial charge in [0.15, 0.2) is 0 Å². The van der Waals surface area contributed by atoms with Gasteiger partial charge < -0.3 is 10.2 Å². The molecule has 1 aromatic carbocycles. The number of hydrogen-bond acceptors (Lipinski definition) is 7. The molecule has 2 amide bonds. The van der Waals surface area contributed by atoms with Crippen LogP contribution in [0.25, 0.3) is 0 Å². The number of anilines is 2. The first-order chi connectivity index (χ1) is 13.6. The largest absolute Gasteiger partial charge is 0.324 e. The zero-order chi connectivity index (χ0) is 19.5. The van der Waals surface area contributed by atoms with Gasteiger partial charge in [0, 0.05) is 17.3 Å². The van der Waals surface area contributed by atoms with E-state index in [0.717, 1.165) is 4.88 Å². The monoisotopic (exact) mass is 414 g/mol. The number of carbonyl (C=O) groups excluding carboxylic acids is 2. The van der Waals surface area contributed by atoms with Crippen LogP contribution in [0.3, 0.4) is 0 Å². The average molecular weight is 415 g/mol. The summed E-state index contributed by atoms with van der Waals surface area (Å²) in [4.78, 5) is 28.0. The fraction of sp³-hybridized carbons (Fsp3) is 0.278. The van der Waals surface area contributed by atoms with Gasteiger partial charge in [-0.2, -0.15) is 0 Å². The third-order valence-corrected chi connectivity index (χ3v) is 6.14. The molecule has 0 unspecified atom stereocenters. The fourth-order valence-electron chi connectivity index (χ4n) is 3.11. The van der Waals surface area contributed by atoms with Crippen LogP contribution in [-0.2, 0) is 16.1 Å². The maximum atomic E-state index is 13.0. The highest BCUT2D eigenvalue weighted by Gasteiger charge is 2.29. The topological polar surface area (TPSA) is 93.0 Å². The number of tetrazole rings is 1. The smallest absolute Gasteiger partial charge is 0.237 e. The minimum absolute atomic E-state index is 0.0906. The van der Waals surface area contributed by atoms with Crippen LogP contribution in [0.4, 0.5) is 11.4 Å². The standard InChI is InChI=1S/C18H18N6O2S2/c1-12-9-16(25)19-14-6-2-3-7-15(14)24(12)17(26)11-28-18-20-21-22-23(18)10-13-5-4-8-27-13/h2-8,12H,9-11H2,1H3,(H,19,25)/t12-/m1/s1. The number of nitrogens with one attached hydrogen (secondary N) is 1. The molecule has 0 bridgehead atoms. The zero-order valence-electron chi connectivity index (χ0n) is 15.1. The van der Waals surface area contributed by atoms with E-state index in [1.54, 1.807) is 27.0 Å². The summed E-state index contributed by atoms with van der Waals surface area (Å²) in [6, 6.07) is 11.1. The molecule has 0 spiro atoms. The van der Waals surface area contributed by atoms with E-state index in [9.17, 15) is 9.59 Å². The van der Waals surface area contributed by atoms with Gasteiger partial charge in [-0.05, 0) is 40.9 Å². The van der Waals surface area contributed by atoms with Gasteiger partial charge >= 0.3 is 0 Å². The maximum absolute atomic E-state index is 13.0. The van der Waals surface area contributed by atoms with Crippen LogP contribution in [0.5, 0.6) is 0 Å². The highest BCUT2D eigenvalue weighted by molar-refractivity contribution is 7.99. The van der Waals surface area contributed by atoms with Crippen LogP contribution in [-0.4, -0.2) is 43.8 Å². The second-order valence-electron chi connectivity index (χ2n) is 6.37. The second-order valence-corrected chi connectivity index (χ2v) is 8.34. The summed E-state index contributed by atoms with van der Waals surface area (Å²) in [7, 11) is 0. The van der Waals surface area contributed by atoms with E-state index in [1.807, 2.05) is 42.6 Å². The number of thioether (sulfide) groups is 1. The quantitative estimate of drug-likeness (QED) is 0.645. The van der Waals surface area contributed by atoms with Gasteiger partial charge in [-0.15, -0.1) is 16.4 Å². The van der Waals surface area contributed by atoms with Crippen molar-refractivity contribution in [2.24, 2.45) is 0 Å². The zero-order valence-corrected chi connectivity index (χ0v) is 16.7. The van der Waals surface area contributed by atoms with E-state index >= 15 is 0 Å². The maximum Gasteiger partial charge on any atom is 0.237 e. The van der Waals surface area contributed by atoms with Crippen molar-refractivity contribution in [1.82, 2.24) is 20.2 Å². The molecule has 0 radical (unpaired) electrons. The van der Waals surface area contributed by atoms with Crippen molar-refractivity contribution in [2.45, 2.75) is 31.1 Å². The molecule has 1 aliphatic heterocycles. The van der Waals surface area contributed by atoms with E-state index in [-0.39, 0.29) is 30.0 Å². The van der Waals surface area contributed by atoms with Crippen molar-refractivity contribution in [3.8, 4) is 0 Å². The Kier molecular flexibility index (Phi) is 5.40. The van der Waals surface area contributed by atoms with Gasteiger partial charge in [-0.25, -0.2) is 4.68 Å². The number of hydrogen-bond donors (Lipinski definition) is 1. The summed E-state index contributed by atoms with van der Waals surface area (Å²) in [6.07, 6.45) is 0.251. The van der Waals surface area contributed by atoms with Crippen molar-refractivity contribution < 1.29 is 9.59 Å². The summed E-state index contributed by atoms with van der Waals surface area (Å²) >= 11 is 2.93. The van der Waals surface area contributed by atoms with E-state index in [2.05, 4.69) is 20.8 Å². The average Bonchev–Trinajstić information content (AvgIpc) is 3.31. The first kappa shape index (κ1) is 18.6. The molecule has 0 saturated carbocycles. The molecule has 4 rings (SSSR count). The first-order valence-corrected chi connectivity index (χ1v) is 10.6. The highest BCUT2D eigenvalue weighted by atomic mass is 32.2. The Bertz CT molecular complexity index is 988. The number of carbonyl (C=O) groups is 2. The van der Waals surface area contributed by atoms with E-state index in [1.165, 1.54) is 11.8 Å². The lowest BCUT2D eigenvalue weighted by molar-refractivity contribution is -0.117. The van der Waals surface area contributed by atoms with E-state index in [0.29, 0.717) is 23.1 Å². The fourth-order valence-corrected chi connectivity index (χ4v) is 4.53. The minimum atomic E-state index is -0.237. The van der Waals surface area contributed by atoms with Crippen molar-refractivity contribution in [1.29, 1.82) is 0 Å². The molecule has 144 valence electrons. The summed E-state index contributed by atoms with van der Waals surface area (Å²) in [5, 5.41) is 17.3. The number of thiophene rings is 1. The molecule has 0 fully saturated rings. The lowest BCUT2D eigenvalue weighted by Crippen LogP contribution is -2.40. The molecule has 3 aromatic rings. The molecule has 1 N–H and O–H groups in total. The Hall–Kier alpha value is -2.72. The first-order valence-electron chi connectivity index (χ1n) is 8.74. The molecule has 2 aromatic heterocycles. The predicted octanol–water partition coefficient (Wildman–Crippen LogP) is 2.64. The van der Waals surface area contributed by atoms with Crippen molar-refractivity contribution in [3.05, 3.63) is 46.7 Å². The Morgan fingerprint density at radius 1 is 1.32 bits per heavy atom. The summed E-state index contributed by atoms with van der Waals surface area (Å²) in [5.74, 6) is -0.00701. The van der Waals surface area contributed by atoms with Gasteiger partial charge in [0.05, 0.1) is 23.7 Å². The number of amides is 2. The van der Waals surface area contributed by atoms with Crippen LogP contribution < -0.4 is 10.2 Å². The number of benzene rings is 1. The summed E-state index contributed by atoms with van der Waals surface area (Å²) < 4.78 is 1.69. The van der Waals surface area contributed by atoms with Gasteiger partial charge in [-0.1, -0.05) is 30.0 Å². The Labute approximate surface area is 169 Å². The second kappa shape index (κ2) is 8.11. The molecule has 0 saturated heterocycles. The Balaban J connectivity index is 1.50. The molecule has 8 nitrogen and oxygen atoms in total. The van der Waals surface area contributed by atoms with Gasteiger partial charge in [0.2, 0.25) is 17.0 Å². The SMILES string of the molecule is C[C@@H]1CC(=O)Nc2ccccc2N1C(=O)CSc1nnnn1Cc1cccs1. The third kappa shape index (κ3) is 3.92.